The van der Waals surface area contributed by atoms with Gasteiger partial charge in [0.15, 0.2) is 0 Å². The van der Waals surface area contributed by atoms with Crippen molar-refractivity contribution < 1.29 is 23.9 Å². The van der Waals surface area contributed by atoms with Gasteiger partial charge >= 0.3 is 12.1 Å². The number of rotatable bonds is 5. The SMILES string of the molecule is CCOC(=O)/C=C/c1ccc(NC(=O)C2CCN(C(=O)OC(C)(C)C)CC2)cc1. The third-order valence-electron chi connectivity index (χ3n) is 4.39. The minimum Gasteiger partial charge on any atom is -0.463 e. The zero-order valence-corrected chi connectivity index (χ0v) is 17.6. The van der Waals surface area contributed by atoms with Crippen molar-refractivity contribution in [3.8, 4) is 0 Å². The summed E-state index contributed by atoms with van der Waals surface area (Å²) in [4.78, 5) is 37.6. The lowest BCUT2D eigenvalue weighted by Crippen LogP contribution is -2.43. The summed E-state index contributed by atoms with van der Waals surface area (Å²) >= 11 is 0. The molecule has 158 valence electrons. The van der Waals surface area contributed by atoms with Crippen molar-refractivity contribution in [2.75, 3.05) is 25.0 Å². The lowest BCUT2D eigenvalue weighted by molar-refractivity contribution is -0.137. The van der Waals surface area contributed by atoms with Gasteiger partial charge in [0.25, 0.3) is 0 Å². The number of amides is 2. The molecule has 1 aliphatic heterocycles. The number of carbonyl (C=O) groups excluding carboxylic acids is 3. The lowest BCUT2D eigenvalue weighted by atomic mass is 9.96. The summed E-state index contributed by atoms with van der Waals surface area (Å²) in [5.74, 6) is -0.580. The molecule has 7 heteroatoms. The number of hydrogen-bond donors (Lipinski definition) is 1. The molecule has 2 rings (SSSR count). The van der Waals surface area contributed by atoms with Crippen LogP contribution in [-0.4, -0.2) is 48.2 Å². The minimum absolute atomic E-state index is 0.0522. The maximum Gasteiger partial charge on any atom is 0.410 e. The van der Waals surface area contributed by atoms with Crippen molar-refractivity contribution in [3.05, 3.63) is 35.9 Å². The molecule has 0 aromatic heterocycles. The molecule has 1 saturated heterocycles. The van der Waals surface area contributed by atoms with Crippen LogP contribution in [0.1, 0.15) is 46.1 Å². The summed E-state index contributed by atoms with van der Waals surface area (Å²) in [5.41, 5.74) is 1.00. The van der Waals surface area contributed by atoms with E-state index in [0.29, 0.717) is 38.2 Å². The first-order valence-electron chi connectivity index (χ1n) is 9.91. The molecule has 29 heavy (non-hydrogen) atoms. The minimum atomic E-state index is -0.525. The van der Waals surface area contributed by atoms with Gasteiger partial charge in [-0.15, -0.1) is 0 Å². The van der Waals surface area contributed by atoms with Crippen molar-refractivity contribution in [3.63, 3.8) is 0 Å². The Hall–Kier alpha value is -2.83. The van der Waals surface area contributed by atoms with Crippen LogP contribution < -0.4 is 5.32 Å². The van der Waals surface area contributed by atoms with Crippen LogP contribution in [0.2, 0.25) is 0 Å². The molecular formula is C22H30N2O5. The van der Waals surface area contributed by atoms with E-state index in [1.807, 2.05) is 32.9 Å². The Balaban J connectivity index is 1.82. The summed E-state index contributed by atoms with van der Waals surface area (Å²) in [6, 6.07) is 7.21. The first-order valence-corrected chi connectivity index (χ1v) is 9.91. The molecule has 7 nitrogen and oxygen atoms in total. The number of hydrogen-bond acceptors (Lipinski definition) is 5. The number of nitrogens with zero attached hydrogens (tertiary/aromatic N) is 1. The van der Waals surface area contributed by atoms with Gasteiger partial charge in [-0.25, -0.2) is 9.59 Å². The van der Waals surface area contributed by atoms with E-state index in [4.69, 9.17) is 9.47 Å². The van der Waals surface area contributed by atoms with Gasteiger partial charge in [0, 0.05) is 30.8 Å². The number of likely N-dealkylation sites (tertiary alicyclic amines) is 1. The Morgan fingerprint density at radius 3 is 2.31 bits per heavy atom. The highest BCUT2D eigenvalue weighted by atomic mass is 16.6. The number of nitrogens with one attached hydrogen (secondary N) is 1. The van der Waals surface area contributed by atoms with Gasteiger partial charge in [0.2, 0.25) is 5.91 Å². The zero-order valence-electron chi connectivity index (χ0n) is 17.6. The third kappa shape index (κ3) is 7.60. The Morgan fingerprint density at radius 1 is 1.14 bits per heavy atom. The molecule has 0 radical (unpaired) electrons. The largest absolute Gasteiger partial charge is 0.463 e. The second kappa shape index (κ2) is 10.1. The van der Waals surface area contributed by atoms with E-state index in [9.17, 15) is 14.4 Å². The van der Waals surface area contributed by atoms with Crippen molar-refractivity contribution in [2.24, 2.45) is 5.92 Å². The number of benzene rings is 1. The highest BCUT2D eigenvalue weighted by molar-refractivity contribution is 5.93. The molecule has 0 unspecified atom stereocenters. The topological polar surface area (TPSA) is 84.9 Å². The smallest absolute Gasteiger partial charge is 0.410 e. The second-order valence-corrected chi connectivity index (χ2v) is 7.94. The van der Waals surface area contributed by atoms with Crippen LogP contribution in [0.25, 0.3) is 6.08 Å². The molecule has 2 amide bonds. The highest BCUT2D eigenvalue weighted by Crippen LogP contribution is 2.21. The van der Waals surface area contributed by atoms with Crippen molar-refractivity contribution in [1.82, 2.24) is 4.90 Å². The number of anilines is 1. The van der Waals surface area contributed by atoms with Crippen LogP contribution in [-0.2, 0) is 19.1 Å². The predicted octanol–water partition coefficient (Wildman–Crippen LogP) is 3.85. The van der Waals surface area contributed by atoms with Gasteiger partial charge in [0.1, 0.15) is 5.60 Å². The Kier molecular flexibility index (Phi) is 7.82. The second-order valence-electron chi connectivity index (χ2n) is 7.94. The molecule has 1 aromatic rings. The van der Waals surface area contributed by atoms with E-state index in [0.717, 1.165) is 5.56 Å². The van der Waals surface area contributed by atoms with Crippen LogP contribution in [0.4, 0.5) is 10.5 Å². The maximum absolute atomic E-state index is 12.5. The van der Waals surface area contributed by atoms with E-state index < -0.39 is 5.60 Å². The molecule has 0 spiro atoms. The average molecular weight is 402 g/mol. The molecule has 0 atom stereocenters. The normalized spacial score (nSPS) is 15.2. The molecule has 1 heterocycles. The van der Waals surface area contributed by atoms with Gasteiger partial charge in [0.05, 0.1) is 6.61 Å². The fourth-order valence-electron chi connectivity index (χ4n) is 2.93. The fourth-order valence-corrected chi connectivity index (χ4v) is 2.93. The number of piperidine rings is 1. The van der Waals surface area contributed by atoms with Crippen LogP contribution in [0, 0.1) is 5.92 Å². The summed E-state index contributed by atoms with van der Waals surface area (Å²) in [5, 5.41) is 2.92. The molecular weight excluding hydrogens is 372 g/mol. The molecule has 1 aliphatic rings. The van der Waals surface area contributed by atoms with Gasteiger partial charge in [-0.05, 0) is 64.3 Å². The van der Waals surface area contributed by atoms with Crippen LogP contribution in [0.15, 0.2) is 30.3 Å². The number of esters is 1. The molecule has 1 fully saturated rings. The van der Waals surface area contributed by atoms with E-state index in [1.54, 1.807) is 30.0 Å². The third-order valence-corrected chi connectivity index (χ3v) is 4.39. The molecule has 0 saturated carbocycles. The average Bonchev–Trinajstić information content (AvgIpc) is 2.66. The van der Waals surface area contributed by atoms with E-state index in [1.165, 1.54) is 6.08 Å². The van der Waals surface area contributed by atoms with Crippen molar-refractivity contribution in [1.29, 1.82) is 0 Å². The Morgan fingerprint density at radius 2 is 1.76 bits per heavy atom. The molecule has 1 aromatic carbocycles. The Bertz CT molecular complexity index is 741. The fraction of sp³-hybridized carbons (Fsp3) is 0.500. The number of carbonyl (C=O) groups is 3. The monoisotopic (exact) mass is 402 g/mol. The first kappa shape index (κ1) is 22.5. The molecule has 1 N–H and O–H groups in total. The highest BCUT2D eigenvalue weighted by Gasteiger charge is 2.29. The molecule has 0 aliphatic carbocycles. The van der Waals surface area contributed by atoms with Gasteiger partial charge in [-0.3, -0.25) is 4.79 Å². The van der Waals surface area contributed by atoms with E-state index >= 15 is 0 Å². The number of ether oxygens (including phenoxy) is 2. The lowest BCUT2D eigenvalue weighted by Gasteiger charge is -2.32. The Labute approximate surface area is 172 Å². The standard InChI is InChI=1S/C22H30N2O5/c1-5-28-19(25)11-8-16-6-9-18(10-7-16)23-20(26)17-12-14-24(15-13-17)21(27)29-22(2,3)4/h6-11,17H,5,12-15H2,1-4H3,(H,23,26)/b11-8+. The summed E-state index contributed by atoms with van der Waals surface area (Å²) in [7, 11) is 0. The summed E-state index contributed by atoms with van der Waals surface area (Å²) < 4.78 is 10.2. The van der Waals surface area contributed by atoms with Gasteiger partial charge in [-0.2, -0.15) is 0 Å². The maximum atomic E-state index is 12.5. The summed E-state index contributed by atoms with van der Waals surface area (Å²) in [6.45, 7) is 8.61. The first-order chi connectivity index (χ1) is 13.7. The van der Waals surface area contributed by atoms with Gasteiger partial charge in [-0.1, -0.05) is 12.1 Å². The van der Waals surface area contributed by atoms with Crippen molar-refractivity contribution in [2.45, 2.75) is 46.1 Å². The summed E-state index contributed by atoms with van der Waals surface area (Å²) in [6.07, 6.45) is 3.91. The quantitative estimate of drug-likeness (QED) is 0.597. The molecule has 0 bridgehead atoms. The van der Waals surface area contributed by atoms with Gasteiger partial charge < -0.3 is 19.7 Å². The van der Waals surface area contributed by atoms with Crippen LogP contribution in [0.3, 0.4) is 0 Å². The predicted molar refractivity (Wildman–Crippen MR) is 111 cm³/mol. The van der Waals surface area contributed by atoms with E-state index in [-0.39, 0.29) is 23.9 Å². The zero-order chi connectivity index (χ0) is 21.4. The van der Waals surface area contributed by atoms with Crippen molar-refractivity contribution >= 4 is 29.7 Å². The van der Waals surface area contributed by atoms with E-state index in [2.05, 4.69) is 5.32 Å². The van der Waals surface area contributed by atoms with Crippen LogP contribution >= 0.6 is 0 Å². The van der Waals surface area contributed by atoms with Crippen LogP contribution in [0.5, 0.6) is 0 Å².